The van der Waals surface area contributed by atoms with Gasteiger partial charge < -0.3 is 5.73 Å². The minimum Gasteiger partial charge on any atom is -0.326 e. The average molecular weight is 253 g/mol. The summed E-state index contributed by atoms with van der Waals surface area (Å²) in [5, 5.41) is 0. The van der Waals surface area contributed by atoms with Gasteiger partial charge in [0.15, 0.2) is 0 Å². The van der Waals surface area contributed by atoms with E-state index in [2.05, 4.69) is 6.92 Å². The van der Waals surface area contributed by atoms with E-state index in [0.29, 0.717) is 0 Å². The SMILES string of the molecule is Cc1ccc(F)cc1CC(N)C1(C)CCCS1. The summed E-state index contributed by atoms with van der Waals surface area (Å²) in [5.74, 6) is 1.04. The lowest BCUT2D eigenvalue weighted by atomic mass is 9.90. The third-order valence-corrected chi connectivity index (χ3v) is 5.44. The highest BCUT2D eigenvalue weighted by atomic mass is 32.2. The van der Waals surface area contributed by atoms with E-state index in [-0.39, 0.29) is 16.6 Å². The van der Waals surface area contributed by atoms with Crippen LogP contribution < -0.4 is 5.73 Å². The number of hydrogen-bond donors (Lipinski definition) is 1. The quantitative estimate of drug-likeness (QED) is 0.894. The number of hydrogen-bond acceptors (Lipinski definition) is 2. The molecule has 1 aliphatic rings. The molecule has 0 saturated carbocycles. The van der Waals surface area contributed by atoms with E-state index in [1.165, 1.54) is 24.7 Å². The molecule has 17 heavy (non-hydrogen) atoms. The molecule has 1 saturated heterocycles. The van der Waals surface area contributed by atoms with Gasteiger partial charge >= 0.3 is 0 Å². The maximum atomic E-state index is 13.2. The van der Waals surface area contributed by atoms with Gasteiger partial charge in [0.25, 0.3) is 0 Å². The molecule has 3 heteroatoms. The van der Waals surface area contributed by atoms with Gasteiger partial charge in [-0.2, -0.15) is 11.8 Å². The molecule has 2 rings (SSSR count). The number of benzene rings is 1. The van der Waals surface area contributed by atoms with Gasteiger partial charge in [-0.05, 0) is 62.1 Å². The second-order valence-electron chi connectivity index (χ2n) is 5.15. The van der Waals surface area contributed by atoms with Gasteiger partial charge in [0.1, 0.15) is 5.82 Å². The van der Waals surface area contributed by atoms with Crippen LogP contribution in [-0.4, -0.2) is 16.5 Å². The molecule has 0 radical (unpaired) electrons. The zero-order valence-corrected chi connectivity index (χ0v) is 11.3. The van der Waals surface area contributed by atoms with E-state index in [0.717, 1.165) is 17.5 Å². The molecule has 0 spiro atoms. The topological polar surface area (TPSA) is 26.0 Å². The van der Waals surface area contributed by atoms with Crippen LogP contribution in [0.4, 0.5) is 4.39 Å². The lowest BCUT2D eigenvalue weighted by Crippen LogP contribution is -2.42. The molecular weight excluding hydrogens is 233 g/mol. The Hall–Kier alpha value is -0.540. The molecule has 1 aliphatic heterocycles. The van der Waals surface area contributed by atoms with Crippen LogP contribution in [0.2, 0.25) is 0 Å². The maximum Gasteiger partial charge on any atom is 0.123 e. The van der Waals surface area contributed by atoms with Gasteiger partial charge in [-0.1, -0.05) is 6.07 Å². The van der Waals surface area contributed by atoms with Crippen LogP contribution in [0.3, 0.4) is 0 Å². The molecule has 2 unspecified atom stereocenters. The average Bonchev–Trinajstić information content (AvgIpc) is 2.72. The smallest absolute Gasteiger partial charge is 0.123 e. The first-order valence-electron chi connectivity index (χ1n) is 6.16. The highest BCUT2D eigenvalue weighted by molar-refractivity contribution is 8.00. The van der Waals surface area contributed by atoms with E-state index < -0.39 is 0 Å². The van der Waals surface area contributed by atoms with Crippen molar-refractivity contribution in [2.24, 2.45) is 5.73 Å². The van der Waals surface area contributed by atoms with Crippen molar-refractivity contribution in [3.63, 3.8) is 0 Å². The predicted octanol–water partition coefficient (Wildman–Crippen LogP) is 3.29. The first-order chi connectivity index (χ1) is 8.01. The molecule has 2 atom stereocenters. The van der Waals surface area contributed by atoms with Crippen LogP contribution in [0, 0.1) is 12.7 Å². The lowest BCUT2D eigenvalue weighted by molar-refractivity contribution is 0.481. The second kappa shape index (κ2) is 4.99. The van der Waals surface area contributed by atoms with E-state index >= 15 is 0 Å². The maximum absolute atomic E-state index is 13.2. The molecule has 1 aromatic carbocycles. The summed E-state index contributed by atoms with van der Waals surface area (Å²) in [6.45, 7) is 4.26. The van der Waals surface area contributed by atoms with Crippen LogP contribution in [-0.2, 0) is 6.42 Å². The Bertz CT molecular complexity index is 399. The number of rotatable bonds is 3. The van der Waals surface area contributed by atoms with Crippen molar-refractivity contribution in [3.8, 4) is 0 Å². The van der Waals surface area contributed by atoms with Crippen LogP contribution in [0.25, 0.3) is 0 Å². The van der Waals surface area contributed by atoms with E-state index in [4.69, 9.17) is 5.73 Å². The van der Waals surface area contributed by atoms with Gasteiger partial charge in [-0.25, -0.2) is 4.39 Å². The molecule has 0 aliphatic carbocycles. The highest BCUT2D eigenvalue weighted by Crippen LogP contribution is 2.40. The van der Waals surface area contributed by atoms with E-state index in [1.54, 1.807) is 6.07 Å². The minimum absolute atomic E-state index is 0.107. The Morgan fingerprint density at radius 1 is 1.53 bits per heavy atom. The zero-order chi connectivity index (χ0) is 12.5. The molecular formula is C14H20FNS. The fraction of sp³-hybridized carbons (Fsp3) is 0.571. The summed E-state index contributed by atoms with van der Waals surface area (Å²) in [5.41, 5.74) is 8.50. The van der Waals surface area contributed by atoms with Crippen molar-refractivity contribution in [2.75, 3.05) is 5.75 Å². The van der Waals surface area contributed by atoms with Gasteiger partial charge in [-0.15, -0.1) is 0 Å². The summed E-state index contributed by atoms with van der Waals surface area (Å²) < 4.78 is 13.4. The summed E-state index contributed by atoms with van der Waals surface area (Å²) in [4.78, 5) is 0. The largest absolute Gasteiger partial charge is 0.326 e. The second-order valence-corrected chi connectivity index (χ2v) is 6.78. The number of aryl methyl sites for hydroxylation is 1. The fourth-order valence-corrected chi connectivity index (χ4v) is 3.75. The monoisotopic (exact) mass is 253 g/mol. The van der Waals surface area contributed by atoms with Crippen LogP contribution in [0.5, 0.6) is 0 Å². The molecule has 94 valence electrons. The molecule has 1 nitrogen and oxygen atoms in total. The molecule has 0 amide bonds. The van der Waals surface area contributed by atoms with E-state index in [1.807, 2.05) is 24.8 Å². The predicted molar refractivity (Wildman–Crippen MR) is 72.9 cm³/mol. The van der Waals surface area contributed by atoms with Crippen molar-refractivity contribution in [2.45, 2.75) is 43.9 Å². The van der Waals surface area contributed by atoms with Gasteiger partial charge in [0.05, 0.1) is 0 Å². The summed E-state index contributed by atoms with van der Waals surface area (Å²) >= 11 is 1.96. The lowest BCUT2D eigenvalue weighted by Gasteiger charge is -2.30. The Labute approximate surface area is 107 Å². The van der Waals surface area contributed by atoms with Crippen LogP contribution >= 0.6 is 11.8 Å². The first-order valence-corrected chi connectivity index (χ1v) is 7.14. The third kappa shape index (κ3) is 2.83. The summed E-state index contributed by atoms with van der Waals surface area (Å²) in [6, 6.07) is 5.08. The van der Waals surface area contributed by atoms with Gasteiger partial charge in [0, 0.05) is 10.8 Å². The fourth-order valence-electron chi connectivity index (χ4n) is 2.41. The van der Waals surface area contributed by atoms with Crippen molar-refractivity contribution >= 4 is 11.8 Å². The normalized spacial score (nSPS) is 26.1. The third-order valence-electron chi connectivity index (χ3n) is 3.78. The van der Waals surface area contributed by atoms with Crippen molar-refractivity contribution in [1.82, 2.24) is 0 Å². The van der Waals surface area contributed by atoms with Crippen LogP contribution in [0.1, 0.15) is 30.9 Å². The summed E-state index contributed by atoms with van der Waals surface area (Å²) in [7, 11) is 0. The Morgan fingerprint density at radius 2 is 2.29 bits per heavy atom. The molecule has 1 heterocycles. The molecule has 1 aromatic rings. The number of halogens is 1. The van der Waals surface area contributed by atoms with Crippen molar-refractivity contribution in [1.29, 1.82) is 0 Å². The van der Waals surface area contributed by atoms with Gasteiger partial charge in [-0.3, -0.25) is 0 Å². The van der Waals surface area contributed by atoms with E-state index in [9.17, 15) is 4.39 Å². The van der Waals surface area contributed by atoms with Crippen LogP contribution in [0.15, 0.2) is 18.2 Å². The molecule has 1 fully saturated rings. The Morgan fingerprint density at radius 3 is 2.94 bits per heavy atom. The number of nitrogens with two attached hydrogens (primary N) is 1. The first kappa shape index (κ1) is 12.9. The van der Waals surface area contributed by atoms with Crippen molar-refractivity contribution < 1.29 is 4.39 Å². The molecule has 0 bridgehead atoms. The Kier molecular flexibility index (Phi) is 3.79. The summed E-state index contributed by atoms with van der Waals surface area (Å²) in [6.07, 6.45) is 3.19. The molecule has 0 aromatic heterocycles. The molecule has 2 N–H and O–H groups in total. The van der Waals surface area contributed by atoms with Gasteiger partial charge in [0.2, 0.25) is 0 Å². The Balaban J connectivity index is 2.12. The number of thioether (sulfide) groups is 1. The van der Waals surface area contributed by atoms with Crippen molar-refractivity contribution in [3.05, 3.63) is 35.1 Å². The standard InChI is InChI=1S/C14H20FNS/c1-10-4-5-12(15)8-11(10)9-13(16)14(2)6-3-7-17-14/h4-5,8,13H,3,6-7,9,16H2,1-2H3. The highest BCUT2D eigenvalue weighted by Gasteiger charge is 2.35. The zero-order valence-electron chi connectivity index (χ0n) is 10.5. The minimum atomic E-state index is -0.165.